The van der Waals surface area contributed by atoms with Crippen molar-refractivity contribution in [2.24, 2.45) is 0 Å². The van der Waals surface area contributed by atoms with Crippen molar-refractivity contribution in [1.29, 1.82) is 5.26 Å². The molecule has 0 aliphatic carbocycles. The summed E-state index contributed by atoms with van der Waals surface area (Å²) in [6, 6.07) is 2.82. The van der Waals surface area contributed by atoms with Crippen molar-refractivity contribution >= 4 is 11.8 Å². The van der Waals surface area contributed by atoms with Gasteiger partial charge < -0.3 is 15.0 Å². The molecule has 116 valence electrons. The molecule has 0 spiro atoms. The minimum atomic E-state index is -4.56. The van der Waals surface area contributed by atoms with E-state index in [-0.39, 0.29) is 24.7 Å². The van der Waals surface area contributed by atoms with Gasteiger partial charge in [0.25, 0.3) is 0 Å². The average Bonchev–Trinajstić information content (AvgIpc) is 2.46. The Morgan fingerprint density at radius 3 is 2.62 bits per heavy atom. The molecule has 0 saturated carbocycles. The van der Waals surface area contributed by atoms with Gasteiger partial charge in [0.15, 0.2) is 5.69 Å². The van der Waals surface area contributed by atoms with Crippen molar-refractivity contribution in [2.45, 2.75) is 12.6 Å². The smallest absolute Gasteiger partial charge is 0.383 e. The molecule has 0 amide bonds. The molecule has 0 fully saturated rings. The van der Waals surface area contributed by atoms with Gasteiger partial charge in [-0.3, -0.25) is 0 Å². The summed E-state index contributed by atoms with van der Waals surface area (Å²) in [6.07, 6.45) is -4.39. The van der Waals surface area contributed by atoms with E-state index in [0.717, 1.165) is 6.07 Å². The molecule has 0 bridgehead atoms. The first-order valence-corrected chi connectivity index (χ1v) is 6.17. The zero-order valence-electron chi connectivity index (χ0n) is 11.7. The number of rotatable bonds is 7. The number of aromatic nitrogens is 2. The third-order valence-electron chi connectivity index (χ3n) is 2.61. The van der Waals surface area contributed by atoms with E-state index >= 15 is 0 Å². The lowest BCUT2D eigenvalue weighted by Crippen LogP contribution is -2.30. The Labute approximate surface area is 120 Å². The molecule has 0 aliphatic rings. The van der Waals surface area contributed by atoms with E-state index < -0.39 is 11.9 Å². The van der Waals surface area contributed by atoms with Gasteiger partial charge in [0.2, 0.25) is 5.95 Å². The maximum absolute atomic E-state index is 12.8. The number of halogens is 3. The maximum Gasteiger partial charge on any atom is 0.433 e. The normalized spacial score (nSPS) is 11.0. The molecular weight excluding hydrogens is 287 g/mol. The summed E-state index contributed by atoms with van der Waals surface area (Å²) in [5, 5.41) is 11.1. The lowest BCUT2D eigenvalue weighted by molar-refractivity contribution is -0.141. The molecule has 0 aromatic carbocycles. The summed E-state index contributed by atoms with van der Waals surface area (Å²) < 4.78 is 43.4. The van der Waals surface area contributed by atoms with Crippen LogP contribution in [0.2, 0.25) is 0 Å². The van der Waals surface area contributed by atoms with Crippen LogP contribution in [-0.2, 0) is 10.9 Å². The van der Waals surface area contributed by atoms with Crippen molar-refractivity contribution in [1.82, 2.24) is 9.97 Å². The van der Waals surface area contributed by atoms with Crippen LogP contribution in [0.5, 0.6) is 0 Å². The highest BCUT2D eigenvalue weighted by atomic mass is 19.4. The lowest BCUT2D eigenvalue weighted by Gasteiger charge is -2.23. The molecule has 1 aromatic rings. The van der Waals surface area contributed by atoms with Crippen molar-refractivity contribution in [3.8, 4) is 6.07 Å². The number of anilines is 2. The Morgan fingerprint density at radius 2 is 2.10 bits per heavy atom. The summed E-state index contributed by atoms with van der Waals surface area (Å²) in [5.74, 6) is -0.0202. The number of nitrogens with zero attached hydrogens (tertiary/aromatic N) is 4. The van der Waals surface area contributed by atoms with Crippen molar-refractivity contribution in [3.63, 3.8) is 0 Å². The van der Waals surface area contributed by atoms with Gasteiger partial charge in [-0.15, -0.1) is 0 Å². The van der Waals surface area contributed by atoms with Gasteiger partial charge in [0.05, 0.1) is 19.1 Å². The number of methoxy groups -OCH3 is 1. The van der Waals surface area contributed by atoms with Gasteiger partial charge in [0.1, 0.15) is 5.82 Å². The Hall–Kier alpha value is -2.08. The van der Waals surface area contributed by atoms with Gasteiger partial charge in [0, 0.05) is 33.3 Å². The predicted octanol–water partition coefficient (Wildman–Crippen LogP) is 1.90. The number of nitrogens with one attached hydrogen (secondary N) is 1. The Morgan fingerprint density at radius 1 is 1.38 bits per heavy atom. The fourth-order valence-corrected chi connectivity index (χ4v) is 1.58. The Kier molecular flexibility index (Phi) is 6.17. The van der Waals surface area contributed by atoms with Crippen LogP contribution in [-0.4, -0.2) is 43.8 Å². The van der Waals surface area contributed by atoms with E-state index in [0.29, 0.717) is 13.2 Å². The summed E-state index contributed by atoms with van der Waals surface area (Å²) in [7, 11) is 2.93. The topological polar surface area (TPSA) is 74.1 Å². The van der Waals surface area contributed by atoms with Gasteiger partial charge >= 0.3 is 6.18 Å². The van der Waals surface area contributed by atoms with E-state index in [2.05, 4.69) is 15.3 Å². The molecule has 0 saturated heterocycles. The van der Waals surface area contributed by atoms with E-state index in [4.69, 9.17) is 10.00 Å². The first kappa shape index (κ1) is 17.0. The summed E-state index contributed by atoms with van der Waals surface area (Å²) in [5.41, 5.74) is -1.03. The number of hydrogen-bond donors (Lipinski definition) is 1. The van der Waals surface area contributed by atoms with E-state index in [1.165, 1.54) is 14.2 Å². The standard InChI is InChI=1S/C12H16F3N5O/c1-17-11-18-9(12(13,14)15)8-10(19-11)20(5-3-4-16)6-7-21-2/h8H,3,5-7H2,1-2H3,(H,17,18,19). The van der Waals surface area contributed by atoms with Gasteiger partial charge in [-0.05, 0) is 0 Å². The third-order valence-corrected chi connectivity index (χ3v) is 2.61. The molecule has 0 atom stereocenters. The van der Waals surface area contributed by atoms with Gasteiger partial charge in [-0.25, -0.2) is 4.98 Å². The quantitative estimate of drug-likeness (QED) is 0.829. The molecule has 0 radical (unpaired) electrons. The SMILES string of the molecule is CNc1nc(N(CCC#N)CCOC)cc(C(F)(F)F)n1. The predicted molar refractivity (Wildman–Crippen MR) is 70.9 cm³/mol. The molecule has 1 rings (SSSR count). The molecule has 0 aliphatic heterocycles. The highest BCUT2D eigenvalue weighted by Crippen LogP contribution is 2.30. The first-order valence-electron chi connectivity index (χ1n) is 6.17. The molecule has 6 nitrogen and oxygen atoms in total. The molecule has 9 heteroatoms. The summed E-state index contributed by atoms with van der Waals surface area (Å²) in [4.78, 5) is 8.97. The fourth-order valence-electron chi connectivity index (χ4n) is 1.58. The molecule has 0 unspecified atom stereocenters. The summed E-state index contributed by atoms with van der Waals surface area (Å²) >= 11 is 0. The second-order valence-corrected chi connectivity index (χ2v) is 4.07. The second kappa shape index (κ2) is 7.64. The number of nitriles is 1. The van der Waals surface area contributed by atoms with Crippen LogP contribution in [0.4, 0.5) is 24.9 Å². The van der Waals surface area contributed by atoms with Gasteiger partial charge in [-0.1, -0.05) is 0 Å². The average molecular weight is 303 g/mol. The minimum absolute atomic E-state index is 0.106. The van der Waals surface area contributed by atoms with Crippen LogP contribution < -0.4 is 10.2 Å². The molecular formula is C12H16F3N5O. The van der Waals surface area contributed by atoms with Crippen LogP contribution in [0.1, 0.15) is 12.1 Å². The van der Waals surface area contributed by atoms with Crippen LogP contribution in [0, 0.1) is 11.3 Å². The minimum Gasteiger partial charge on any atom is -0.383 e. The molecule has 21 heavy (non-hydrogen) atoms. The molecule has 1 aromatic heterocycles. The second-order valence-electron chi connectivity index (χ2n) is 4.07. The van der Waals surface area contributed by atoms with E-state index in [1.54, 1.807) is 4.90 Å². The number of ether oxygens (including phenoxy) is 1. The highest BCUT2D eigenvalue weighted by Gasteiger charge is 2.34. The van der Waals surface area contributed by atoms with Crippen LogP contribution in [0.15, 0.2) is 6.07 Å². The molecule has 1 N–H and O–H groups in total. The monoisotopic (exact) mass is 303 g/mol. The van der Waals surface area contributed by atoms with Gasteiger partial charge in [-0.2, -0.15) is 23.4 Å². The van der Waals surface area contributed by atoms with Crippen LogP contribution in [0.25, 0.3) is 0 Å². The number of hydrogen-bond acceptors (Lipinski definition) is 6. The first-order chi connectivity index (χ1) is 9.92. The van der Waals surface area contributed by atoms with E-state index in [9.17, 15) is 13.2 Å². The number of alkyl halides is 3. The van der Waals surface area contributed by atoms with Crippen LogP contribution >= 0.6 is 0 Å². The summed E-state index contributed by atoms with van der Waals surface area (Å²) in [6.45, 7) is 0.901. The van der Waals surface area contributed by atoms with Crippen molar-refractivity contribution in [2.75, 3.05) is 44.1 Å². The van der Waals surface area contributed by atoms with Crippen molar-refractivity contribution < 1.29 is 17.9 Å². The zero-order chi connectivity index (χ0) is 15.9. The van der Waals surface area contributed by atoms with E-state index in [1.807, 2.05) is 6.07 Å². The van der Waals surface area contributed by atoms with Crippen LogP contribution in [0.3, 0.4) is 0 Å². The lowest BCUT2D eigenvalue weighted by atomic mass is 10.3. The third kappa shape index (κ3) is 5.07. The zero-order valence-corrected chi connectivity index (χ0v) is 11.7. The fraction of sp³-hybridized carbons (Fsp3) is 0.583. The largest absolute Gasteiger partial charge is 0.433 e. The molecule has 1 heterocycles. The highest BCUT2D eigenvalue weighted by molar-refractivity contribution is 5.45. The maximum atomic E-state index is 12.8. The Bertz CT molecular complexity index is 501. The Balaban J connectivity index is 3.13. The van der Waals surface area contributed by atoms with Crippen molar-refractivity contribution in [3.05, 3.63) is 11.8 Å².